The number of amides is 4. The highest BCUT2D eigenvalue weighted by Gasteiger charge is 2.45. The van der Waals surface area contributed by atoms with Crippen molar-refractivity contribution >= 4 is 24.0 Å². The molecular formula is C25H34N6O7. The molecule has 0 spiro atoms. The second-order valence-corrected chi connectivity index (χ2v) is 10.1. The largest absolute Gasteiger partial charge is 0.467 e. The molecule has 1 aromatic carbocycles. The fourth-order valence-corrected chi connectivity index (χ4v) is 4.50. The first kappa shape index (κ1) is 28.7. The van der Waals surface area contributed by atoms with E-state index in [-0.39, 0.29) is 31.0 Å². The summed E-state index contributed by atoms with van der Waals surface area (Å²) in [5.41, 5.74) is 8.74. The summed E-state index contributed by atoms with van der Waals surface area (Å²) in [6.07, 6.45) is 1.36. The first-order valence-electron chi connectivity index (χ1n) is 12.5. The number of imide groups is 1. The summed E-state index contributed by atoms with van der Waals surface area (Å²) in [5, 5.41) is 5.08. The molecule has 0 saturated carbocycles. The summed E-state index contributed by atoms with van der Waals surface area (Å²) in [6.45, 7) is 6.45. The number of urea groups is 1. The summed E-state index contributed by atoms with van der Waals surface area (Å²) < 4.78 is 9.63. The Balaban J connectivity index is 0.000000216. The summed E-state index contributed by atoms with van der Waals surface area (Å²) in [5.74, 6) is -1.00. The Morgan fingerprint density at radius 2 is 1.84 bits per heavy atom. The number of methoxy groups -OCH3 is 1. The second kappa shape index (κ2) is 12.6. The van der Waals surface area contributed by atoms with Crippen LogP contribution in [-0.2, 0) is 30.5 Å². The number of esters is 1. The Hall–Kier alpha value is -3.83. The van der Waals surface area contributed by atoms with Crippen LogP contribution in [0.4, 0.5) is 9.59 Å². The first-order valence-corrected chi connectivity index (χ1v) is 12.5. The SMILES string of the molecule is COC(=O)[C@H]1CCC(=O)N1C(=O)OC(C)(C)C.[N-]=[N+]=NC[C@@H]1CC[C@H]2CN1C(=O)N2OCc1ccccc1. The van der Waals surface area contributed by atoms with Gasteiger partial charge in [0, 0.05) is 30.5 Å². The number of carbonyl (C=O) groups is 4. The van der Waals surface area contributed by atoms with Gasteiger partial charge >= 0.3 is 18.1 Å². The fraction of sp³-hybridized carbons (Fsp3) is 0.600. The van der Waals surface area contributed by atoms with Crippen LogP contribution in [0.25, 0.3) is 10.4 Å². The number of nitrogens with zero attached hydrogens (tertiary/aromatic N) is 6. The molecule has 4 amide bonds. The Morgan fingerprint density at radius 1 is 1.13 bits per heavy atom. The van der Waals surface area contributed by atoms with E-state index in [0.29, 0.717) is 19.7 Å². The molecule has 3 saturated heterocycles. The number of azide groups is 1. The molecule has 0 aliphatic carbocycles. The molecule has 3 aliphatic heterocycles. The van der Waals surface area contributed by atoms with Gasteiger partial charge in [0.1, 0.15) is 18.2 Å². The van der Waals surface area contributed by atoms with Crippen molar-refractivity contribution in [3.8, 4) is 0 Å². The minimum absolute atomic E-state index is 0.00465. The van der Waals surface area contributed by atoms with E-state index in [2.05, 4.69) is 14.8 Å². The first-order chi connectivity index (χ1) is 18.1. The lowest BCUT2D eigenvalue weighted by Crippen LogP contribution is -2.45. The van der Waals surface area contributed by atoms with Gasteiger partial charge in [-0.15, -0.1) is 0 Å². The van der Waals surface area contributed by atoms with Crippen molar-refractivity contribution in [2.45, 2.75) is 76.8 Å². The lowest BCUT2D eigenvalue weighted by molar-refractivity contribution is -0.148. The van der Waals surface area contributed by atoms with Crippen LogP contribution >= 0.6 is 0 Å². The van der Waals surface area contributed by atoms with E-state index in [1.807, 2.05) is 30.3 Å². The number of hydroxylamine groups is 2. The van der Waals surface area contributed by atoms with Gasteiger partial charge in [0.2, 0.25) is 5.91 Å². The standard InChI is InChI=1S/C14H17N5O2.C11H17NO5/c15-17-16-8-12-6-7-13-9-18(12)14(20)19(13)21-10-11-4-2-1-3-5-11;1-11(2,3)17-10(15)12-7(9(14)16-4)5-6-8(12)13/h1-5,12-13H,6-10H2;7H,5-6H2,1-4H3/t12-,13-;7-/m01/s1. The minimum Gasteiger partial charge on any atom is -0.467 e. The highest BCUT2D eigenvalue weighted by molar-refractivity contribution is 5.99. The van der Waals surface area contributed by atoms with E-state index in [4.69, 9.17) is 15.1 Å². The molecule has 0 N–H and O–H groups in total. The predicted molar refractivity (Wildman–Crippen MR) is 134 cm³/mol. The smallest absolute Gasteiger partial charge is 0.417 e. The summed E-state index contributed by atoms with van der Waals surface area (Å²) in [4.78, 5) is 58.2. The normalized spacial score (nSPS) is 22.4. The van der Waals surface area contributed by atoms with Crippen LogP contribution < -0.4 is 0 Å². The number of likely N-dealkylation sites (tertiary alicyclic amines) is 1. The summed E-state index contributed by atoms with van der Waals surface area (Å²) in [7, 11) is 1.22. The molecule has 0 radical (unpaired) electrons. The molecule has 0 aromatic heterocycles. The van der Waals surface area contributed by atoms with Crippen LogP contribution in [0.3, 0.4) is 0 Å². The quantitative estimate of drug-likeness (QED) is 0.235. The van der Waals surface area contributed by atoms with Gasteiger partial charge in [-0.05, 0) is 51.1 Å². The zero-order valence-corrected chi connectivity index (χ0v) is 22.1. The van der Waals surface area contributed by atoms with Crippen LogP contribution in [0.5, 0.6) is 0 Å². The Kier molecular flexibility index (Phi) is 9.54. The third kappa shape index (κ3) is 7.14. The number of fused-ring (bicyclic) bond motifs is 2. The Morgan fingerprint density at radius 3 is 2.47 bits per heavy atom. The van der Waals surface area contributed by atoms with E-state index >= 15 is 0 Å². The van der Waals surface area contributed by atoms with Crippen molar-refractivity contribution in [3.05, 3.63) is 46.3 Å². The van der Waals surface area contributed by atoms with Crippen molar-refractivity contribution in [1.29, 1.82) is 0 Å². The highest BCUT2D eigenvalue weighted by Crippen LogP contribution is 2.30. The third-order valence-electron chi connectivity index (χ3n) is 6.29. The summed E-state index contributed by atoms with van der Waals surface area (Å²) >= 11 is 0. The van der Waals surface area contributed by atoms with Gasteiger partial charge in [0.25, 0.3) is 0 Å². The van der Waals surface area contributed by atoms with Crippen LogP contribution in [0.2, 0.25) is 0 Å². The number of carbonyl (C=O) groups excluding carboxylic acids is 4. The number of ether oxygens (including phenoxy) is 2. The fourth-order valence-electron chi connectivity index (χ4n) is 4.50. The van der Waals surface area contributed by atoms with E-state index in [1.54, 1.807) is 25.7 Å². The van der Waals surface area contributed by atoms with E-state index < -0.39 is 29.6 Å². The van der Waals surface area contributed by atoms with Gasteiger partial charge in [-0.1, -0.05) is 35.4 Å². The van der Waals surface area contributed by atoms with E-state index in [1.165, 1.54) is 12.2 Å². The van der Waals surface area contributed by atoms with Crippen LogP contribution in [0.15, 0.2) is 35.4 Å². The molecule has 1 aromatic rings. The molecule has 3 aliphatic rings. The maximum Gasteiger partial charge on any atom is 0.417 e. The van der Waals surface area contributed by atoms with Gasteiger partial charge < -0.3 is 14.4 Å². The van der Waals surface area contributed by atoms with Crippen LogP contribution in [0, 0.1) is 0 Å². The topological polar surface area (TPSA) is 154 Å². The van der Waals surface area contributed by atoms with E-state index in [9.17, 15) is 19.2 Å². The average molecular weight is 531 g/mol. The average Bonchev–Trinajstić information content (AvgIpc) is 3.39. The zero-order valence-electron chi connectivity index (χ0n) is 22.1. The predicted octanol–water partition coefficient (Wildman–Crippen LogP) is 3.78. The minimum atomic E-state index is -0.859. The van der Waals surface area contributed by atoms with Crippen molar-refractivity contribution in [3.63, 3.8) is 0 Å². The molecule has 4 rings (SSSR count). The van der Waals surface area contributed by atoms with Crippen molar-refractivity contribution in [1.82, 2.24) is 14.9 Å². The third-order valence-corrected chi connectivity index (χ3v) is 6.29. The molecule has 206 valence electrons. The lowest BCUT2D eigenvalue weighted by Gasteiger charge is -2.29. The number of hydrogen-bond donors (Lipinski definition) is 0. The summed E-state index contributed by atoms with van der Waals surface area (Å²) in [6, 6.07) is 8.90. The molecule has 2 bridgehead atoms. The molecular weight excluding hydrogens is 496 g/mol. The lowest BCUT2D eigenvalue weighted by atomic mass is 10.0. The maximum atomic E-state index is 12.4. The van der Waals surface area contributed by atoms with Gasteiger partial charge in [-0.3, -0.25) is 9.63 Å². The number of hydrogen-bond acceptors (Lipinski definition) is 8. The highest BCUT2D eigenvalue weighted by atomic mass is 16.7. The number of benzene rings is 1. The van der Waals surface area contributed by atoms with Crippen molar-refractivity contribution in [2.24, 2.45) is 5.11 Å². The Labute approximate surface area is 221 Å². The molecule has 3 heterocycles. The number of rotatable bonds is 6. The zero-order chi connectivity index (χ0) is 27.9. The molecule has 3 atom stereocenters. The van der Waals surface area contributed by atoms with Gasteiger partial charge in [0.05, 0.1) is 13.2 Å². The monoisotopic (exact) mass is 530 g/mol. The maximum absolute atomic E-state index is 12.4. The second-order valence-electron chi connectivity index (χ2n) is 10.1. The molecule has 38 heavy (non-hydrogen) atoms. The Bertz CT molecular complexity index is 1070. The van der Waals surface area contributed by atoms with Gasteiger partial charge in [0.15, 0.2) is 0 Å². The molecule has 13 nitrogen and oxygen atoms in total. The van der Waals surface area contributed by atoms with Gasteiger partial charge in [-0.2, -0.15) is 5.06 Å². The molecule has 13 heteroatoms. The number of piperidine rings is 1. The van der Waals surface area contributed by atoms with Gasteiger partial charge in [-0.25, -0.2) is 19.3 Å². The van der Waals surface area contributed by atoms with Crippen LogP contribution in [0.1, 0.15) is 52.0 Å². The van der Waals surface area contributed by atoms with Crippen molar-refractivity contribution < 1.29 is 33.5 Å². The van der Waals surface area contributed by atoms with Crippen LogP contribution in [-0.4, -0.2) is 82.8 Å². The van der Waals surface area contributed by atoms with E-state index in [0.717, 1.165) is 23.3 Å². The van der Waals surface area contributed by atoms with Crippen molar-refractivity contribution in [2.75, 3.05) is 20.2 Å². The molecule has 3 fully saturated rings. The molecule has 0 unspecified atom stereocenters.